The van der Waals surface area contributed by atoms with Crippen molar-refractivity contribution in [2.45, 2.75) is 52.6 Å². The Morgan fingerprint density at radius 1 is 1.04 bits per heavy atom. The lowest BCUT2D eigenvalue weighted by molar-refractivity contribution is 0.188. The van der Waals surface area contributed by atoms with Crippen molar-refractivity contribution in [3.63, 3.8) is 0 Å². The molecule has 0 bridgehead atoms. The number of nitrogens with zero attached hydrogens (tertiary/aromatic N) is 4. The first-order valence-corrected chi connectivity index (χ1v) is 9.00. The van der Waals surface area contributed by atoms with E-state index in [9.17, 15) is 0 Å². The molecule has 0 atom stereocenters. The van der Waals surface area contributed by atoms with E-state index >= 15 is 0 Å². The summed E-state index contributed by atoms with van der Waals surface area (Å²) in [6, 6.07) is 6.45. The first-order chi connectivity index (χ1) is 11.1. The fourth-order valence-corrected chi connectivity index (χ4v) is 3.47. The van der Waals surface area contributed by atoms with E-state index in [2.05, 4.69) is 42.0 Å². The van der Waals surface area contributed by atoms with Crippen LogP contribution in [0.5, 0.6) is 0 Å². The summed E-state index contributed by atoms with van der Waals surface area (Å²) in [7, 11) is 0. The molecular formula is C18H26N4S. The van der Waals surface area contributed by atoms with E-state index in [-0.39, 0.29) is 0 Å². The molecule has 0 spiro atoms. The van der Waals surface area contributed by atoms with Gasteiger partial charge in [-0.05, 0) is 69.2 Å². The van der Waals surface area contributed by atoms with Gasteiger partial charge in [0.2, 0.25) is 4.77 Å². The number of aryl methyl sites for hydroxylation is 2. The fourth-order valence-electron chi connectivity index (χ4n) is 3.22. The van der Waals surface area contributed by atoms with Gasteiger partial charge in [0.25, 0.3) is 0 Å². The van der Waals surface area contributed by atoms with Crippen molar-refractivity contribution >= 4 is 12.2 Å². The normalized spacial score (nSPS) is 17.0. The Bertz CT molecular complexity index is 708. The van der Waals surface area contributed by atoms with Crippen LogP contribution in [0.1, 0.15) is 43.2 Å². The van der Waals surface area contributed by atoms with Gasteiger partial charge in [-0.2, -0.15) is 5.10 Å². The van der Waals surface area contributed by atoms with Crippen LogP contribution in [0.3, 0.4) is 0 Å². The van der Waals surface area contributed by atoms with Gasteiger partial charge in [-0.3, -0.25) is 9.47 Å². The second-order valence-corrected chi connectivity index (χ2v) is 6.97. The summed E-state index contributed by atoms with van der Waals surface area (Å²) in [6.45, 7) is 7.33. The molecule has 23 heavy (non-hydrogen) atoms. The van der Waals surface area contributed by atoms with Crippen LogP contribution in [0.25, 0.3) is 5.69 Å². The van der Waals surface area contributed by atoms with Crippen molar-refractivity contribution in [2.24, 2.45) is 0 Å². The summed E-state index contributed by atoms with van der Waals surface area (Å²) < 4.78 is 4.77. The Hall–Kier alpha value is -1.46. The van der Waals surface area contributed by atoms with Crippen LogP contribution in [-0.4, -0.2) is 32.3 Å². The predicted octanol–water partition coefficient (Wildman–Crippen LogP) is 4.24. The third-order valence-electron chi connectivity index (χ3n) is 4.64. The lowest BCUT2D eigenvalue weighted by Gasteiger charge is -2.24. The maximum Gasteiger partial charge on any atom is 0.203 e. The van der Waals surface area contributed by atoms with E-state index in [1.54, 1.807) is 0 Å². The highest BCUT2D eigenvalue weighted by molar-refractivity contribution is 7.71. The molecule has 0 amide bonds. The summed E-state index contributed by atoms with van der Waals surface area (Å²) in [5, 5.41) is 4.54. The lowest BCUT2D eigenvalue weighted by atomic mass is 10.1. The minimum Gasteiger partial charge on any atom is -0.284 e. The molecule has 4 nitrogen and oxygen atoms in total. The van der Waals surface area contributed by atoms with Crippen LogP contribution in [-0.2, 0) is 6.67 Å². The second-order valence-electron chi connectivity index (χ2n) is 6.60. The van der Waals surface area contributed by atoms with Gasteiger partial charge in [0.05, 0.1) is 12.4 Å². The average Bonchev–Trinajstić information content (AvgIpc) is 2.85. The first-order valence-electron chi connectivity index (χ1n) is 8.59. The van der Waals surface area contributed by atoms with Gasteiger partial charge in [0, 0.05) is 0 Å². The standard InChI is InChI=1S/C18H26N4S/c1-15-8-9-16(2)17(12-15)21-13-19-22(18(21)23)14-20-10-6-4-3-5-7-11-20/h8-9,12-13H,3-7,10-11,14H2,1-2H3. The Labute approximate surface area is 143 Å². The van der Waals surface area contributed by atoms with Gasteiger partial charge >= 0.3 is 0 Å². The molecule has 0 saturated carbocycles. The van der Waals surface area contributed by atoms with Crippen LogP contribution < -0.4 is 0 Å². The maximum atomic E-state index is 5.68. The summed E-state index contributed by atoms with van der Waals surface area (Å²) in [6.07, 6.45) is 8.50. The number of likely N-dealkylation sites (tertiary alicyclic amines) is 1. The van der Waals surface area contributed by atoms with E-state index in [1.165, 1.54) is 43.2 Å². The van der Waals surface area contributed by atoms with E-state index in [0.717, 1.165) is 30.2 Å². The third kappa shape index (κ3) is 3.90. The Kier molecular flexibility index (Phi) is 5.28. The zero-order chi connectivity index (χ0) is 16.2. The van der Waals surface area contributed by atoms with Crippen LogP contribution in [0.2, 0.25) is 0 Å². The zero-order valence-electron chi connectivity index (χ0n) is 14.2. The van der Waals surface area contributed by atoms with Gasteiger partial charge in [-0.15, -0.1) is 0 Å². The second kappa shape index (κ2) is 7.41. The Morgan fingerprint density at radius 3 is 2.48 bits per heavy atom. The van der Waals surface area contributed by atoms with Gasteiger partial charge < -0.3 is 0 Å². The minimum absolute atomic E-state index is 0.778. The van der Waals surface area contributed by atoms with Crippen molar-refractivity contribution in [3.05, 3.63) is 40.4 Å². The average molecular weight is 331 g/mol. The molecule has 0 unspecified atom stereocenters. The number of benzene rings is 1. The molecule has 1 aliphatic heterocycles. The highest BCUT2D eigenvalue weighted by Crippen LogP contribution is 2.17. The van der Waals surface area contributed by atoms with Gasteiger partial charge in [-0.1, -0.05) is 31.4 Å². The number of aromatic nitrogens is 3. The van der Waals surface area contributed by atoms with E-state index in [1.807, 2.05) is 15.6 Å². The van der Waals surface area contributed by atoms with E-state index < -0.39 is 0 Å². The third-order valence-corrected chi connectivity index (χ3v) is 5.05. The smallest absolute Gasteiger partial charge is 0.203 e. The SMILES string of the molecule is Cc1ccc(C)c(-n2cnn(CN3CCCCCCC3)c2=S)c1. The molecule has 0 aliphatic carbocycles. The molecule has 1 aliphatic rings. The molecule has 3 rings (SSSR count). The van der Waals surface area contributed by atoms with Crippen LogP contribution in [0.15, 0.2) is 24.5 Å². The molecule has 2 aromatic rings. The van der Waals surface area contributed by atoms with Crippen LogP contribution in [0, 0.1) is 18.6 Å². The fraction of sp³-hybridized carbons (Fsp3) is 0.556. The van der Waals surface area contributed by atoms with Crippen molar-refractivity contribution in [2.75, 3.05) is 13.1 Å². The molecule has 5 heteroatoms. The lowest BCUT2D eigenvalue weighted by Crippen LogP contribution is -2.30. The molecule has 2 heterocycles. The summed E-state index contributed by atoms with van der Waals surface area (Å²) in [4.78, 5) is 2.48. The van der Waals surface area contributed by atoms with Crippen molar-refractivity contribution in [1.29, 1.82) is 0 Å². The number of hydrogen-bond donors (Lipinski definition) is 0. The topological polar surface area (TPSA) is 26.0 Å². The van der Waals surface area contributed by atoms with Gasteiger partial charge in [0.15, 0.2) is 0 Å². The molecule has 124 valence electrons. The van der Waals surface area contributed by atoms with E-state index in [4.69, 9.17) is 12.2 Å². The summed E-state index contributed by atoms with van der Waals surface area (Å²) >= 11 is 5.68. The quantitative estimate of drug-likeness (QED) is 0.787. The maximum absolute atomic E-state index is 5.68. The Balaban J connectivity index is 1.81. The highest BCUT2D eigenvalue weighted by atomic mass is 32.1. The van der Waals surface area contributed by atoms with Crippen molar-refractivity contribution in [3.8, 4) is 5.69 Å². The molecule has 1 aromatic carbocycles. The largest absolute Gasteiger partial charge is 0.284 e. The molecule has 1 saturated heterocycles. The Morgan fingerprint density at radius 2 is 1.74 bits per heavy atom. The van der Waals surface area contributed by atoms with Crippen molar-refractivity contribution in [1.82, 2.24) is 19.2 Å². The zero-order valence-corrected chi connectivity index (χ0v) is 15.0. The van der Waals surface area contributed by atoms with Gasteiger partial charge in [-0.25, -0.2) is 4.68 Å². The highest BCUT2D eigenvalue weighted by Gasteiger charge is 2.12. The number of rotatable bonds is 3. The molecule has 0 radical (unpaired) electrons. The van der Waals surface area contributed by atoms with Gasteiger partial charge in [0.1, 0.15) is 6.33 Å². The minimum atomic E-state index is 0.778. The molecule has 1 fully saturated rings. The molecular weight excluding hydrogens is 304 g/mol. The predicted molar refractivity (Wildman–Crippen MR) is 96.5 cm³/mol. The van der Waals surface area contributed by atoms with Crippen LogP contribution >= 0.6 is 12.2 Å². The monoisotopic (exact) mass is 330 g/mol. The van der Waals surface area contributed by atoms with E-state index in [0.29, 0.717) is 0 Å². The first kappa shape index (κ1) is 16.4. The number of hydrogen-bond acceptors (Lipinski definition) is 3. The van der Waals surface area contributed by atoms with Crippen molar-refractivity contribution < 1.29 is 0 Å². The summed E-state index contributed by atoms with van der Waals surface area (Å²) in [5.41, 5.74) is 3.59. The molecule has 0 N–H and O–H groups in total. The van der Waals surface area contributed by atoms with Crippen LogP contribution in [0.4, 0.5) is 0 Å². The summed E-state index contributed by atoms with van der Waals surface area (Å²) in [5.74, 6) is 0. The molecule has 1 aromatic heterocycles.